The van der Waals surface area contributed by atoms with Gasteiger partial charge in [0.25, 0.3) is 0 Å². The van der Waals surface area contributed by atoms with Crippen LogP contribution >= 0.6 is 0 Å². The Labute approximate surface area is 46.1 Å². The molecule has 0 atom stereocenters. The summed E-state index contributed by atoms with van der Waals surface area (Å²) in [6, 6.07) is 0. The molecule has 0 bridgehead atoms. The largest absolute Gasteiger partial charge is 0.412 e. The summed E-state index contributed by atoms with van der Waals surface area (Å²) in [5.41, 5.74) is 0. The summed E-state index contributed by atoms with van der Waals surface area (Å²) in [5, 5.41) is 14.8. The van der Waals surface area contributed by atoms with Crippen molar-refractivity contribution < 1.29 is 30.0 Å². The number of rotatable bonds is 0. The van der Waals surface area contributed by atoms with Crippen LogP contribution in [0.25, 0.3) is 0 Å². The van der Waals surface area contributed by atoms with Gasteiger partial charge in [0.05, 0.1) is 5.09 Å². The van der Waals surface area contributed by atoms with Crippen molar-refractivity contribution in [3.63, 3.8) is 0 Å². The molecule has 6 heteroatoms. The summed E-state index contributed by atoms with van der Waals surface area (Å²) < 4.78 is 0. The Morgan fingerprint density at radius 3 is 1.33 bits per heavy atom. The fraction of sp³-hybridized carbons (Fsp3) is 0. The maximum Gasteiger partial charge on any atom is 0.0689 e. The van der Waals surface area contributed by atoms with Crippen LogP contribution in [0.15, 0.2) is 0 Å². The first-order valence-electron chi connectivity index (χ1n) is 0.548. The molecule has 0 unspecified atom stereocenters. The van der Waals surface area contributed by atoms with Crippen molar-refractivity contribution >= 4 is 0 Å². The minimum absolute atomic E-state index is 0. The maximum absolute atomic E-state index is 8.25. The van der Waals surface area contributed by atoms with Gasteiger partial charge in [0.15, 0.2) is 0 Å². The van der Waals surface area contributed by atoms with E-state index >= 15 is 0 Å². The van der Waals surface area contributed by atoms with Crippen LogP contribution in [0.2, 0.25) is 0 Å². The molecular weight excluding hydrogens is 143 g/mol. The molecule has 0 heterocycles. The fourth-order valence-corrected chi connectivity index (χ4v) is 0. The van der Waals surface area contributed by atoms with Crippen molar-refractivity contribution in [1.29, 1.82) is 0 Å². The van der Waals surface area contributed by atoms with Crippen molar-refractivity contribution in [3.05, 3.63) is 15.3 Å². The normalized spacial score (nSPS) is 4.00. The molecular formula is H2NO4Zn-. The van der Waals surface area contributed by atoms with Gasteiger partial charge in [-0.25, -0.2) is 0 Å². The molecule has 0 aromatic rings. The Kier molecular flexibility index (Phi) is 25.2. The predicted octanol–water partition coefficient (Wildman–Crippen LogP) is -1.07. The van der Waals surface area contributed by atoms with Crippen molar-refractivity contribution in [2.45, 2.75) is 0 Å². The predicted molar refractivity (Wildman–Crippen MR) is 14.0 cm³/mol. The zero-order valence-electron chi connectivity index (χ0n) is 2.88. The molecule has 0 rings (SSSR count). The summed E-state index contributed by atoms with van der Waals surface area (Å²) in [6.07, 6.45) is 0. The monoisotopic (exact) mass is 144 g/mol. The second-order valence-corrected chi connectivity index (χ2v) is 0.224. The molecule has 0 aliphatic rings. The molecule has 0 aromatic heterocycles. The van der Waals surface area contributed by atoms with Crippen LogP contribution in [-0.4, -0.2) is 10.6 Å². The molecule has 0 fully saturated rings. The quantitative estimate of drug-likeness (QED) is 0.247. The molecule has 0 aliphatic carbocycles. The Balaban J connectivity index is -0.0000000450. The Morgan fingerprint density at radius 1 is 1.33 bits per heavy atom. The second kappa shape index (κ2) is 8.84. The van der Waals surface area contributed by atoms with Gasteiger partial charge in [-0.05, 0) is 0 Å². The van der Waals surface area contributed by atoms with Crippen LogP contribution in [0.3, 0.4) is 0 Å². The molecule has 0 radical (unpaired) electrons. The average Bonchev–Trinajstić information content (AvgIpc) is 0.811. The van der Waals surface area contributed by atoms with Gasteiger partial charge < -0.3 is 20.8 Å². The van der Waals surface area contributed by atoms with E-state index in [-0.39, 0.29) is 25.0 Å². The van der Waals surface area contributed by atoms with Crippen LogP contribution in [0.4, 0.5) is 0 Å². The van der Waals surface area contributed by atoms with Gasteiger partial charge in [0, 0.05) is 19.5 Å². The van der Waals surface area contributed by atoms with Gasteiger partial charge in [-0.1, -0.05) is 0 Å². The van der Waals surface area contributed by atoms with Crippen LogP contribution in [0.1, 0.15) is 0 Å². The van der Waals surface area contributed by atoms with Gasteiger partial charge in [0.1, 0.15) is 0 Å². The molecule has 5 nitrogen and oxygen atoms in total. The van der Waals surface area contributed by atoms with E-state index in [0.29, 0.717) is 0 Å². The zero-order chi connectivity index (χ0) is 3.58. The first kappa shape index (κ1) is 17.1. The third-order valence-electron chi connectivity index (χ3n) is 0. The number of nitrogens with zero attached hydrogens (tertiary/aromatic N) is 1. The molecule has 0 saturated carbocycles. The Morgan fingerprint density at radius 2 is 1.33 bits per heavy atom. The van der Waals surface area contributed by atoms with Crippen LogP contribution in [0.5, 0.6) is 0 Å². The molecule has 6 heavy (non-hydrogen) atoms. The SMILES string of the molecule is O.O=[N+]([O-])[O-].[Zn]. The van der Waals surface area contributed by atoms with Gasteiger partial charge >= 0.3 is 0 Å². The molecule has 0 amide bonds. The summed E-state index contributed by atoms with van der Waals surface area (Å²) in [4.78, 5) is 8.25. The molecule has 2 N–H and O–H groups in total. The maximum atomic E-state index is 8.25. The molecule has 0 aliphatic heterocycles. The van der Waals surface area contributed by atoms with Crippen molar-refractivity contribution in [2.24, 2.45) is 0 Å². The van der Waals surface area contributed by atoms with Crippen LogP contribution in [0, 0.1) is 15.3 Å². The van der Waals surface area contributed by atoms with Crippen molar-refractivity contribution in [2.75, 3.05) is 0 Å². The first-order valence-corrected chi connectivity index (χ1v) is 0.548. The van der Waals surface area contributed by atoms with E-state index < -0.39 is 5.09 Å². The van der Waals surface area contributed by atoms with E-state index in [2.05, 4.69) is 0 Å². The third kappa shape index (κ3) is 625. The minimum atomic E-state index is -1.75. The topological polar surface area (TPSA) is 97.7 Å². The Hall–Kier alpha value is -0.217. The van der Waals surface area contributed by atoms with Crippen molar-refractivity contribution in [1.82, 2.24) is 0 Å². The standard InChI is InChI=1S/NO3.H2O.Zn/c2-1(3)4;;/h;1H2;/q-1;;. The zero-order valence-corrected chi connectivity index (χ0v) is 5.85. The van der Waals surface area contributed by atoms with E-state index in [0.717, 1.165) is 0 Å². The summed E-state index contributed by atoms with van der Waals surface area (Å²) in [5.74, 6) is 0. The van der Waals surface area contributed by atoms with Crippen molar-refractivity contribution in [3.8, 4) is 0 Å². The minimum Gasteiger partial charge on any atom is -0.412 e. The number of hydrogen-bond donors (Lipinski definition) is 0. The molecule has 0 spiro atoms. The Bertz CT molecular complexity index is 30.5. The van der Waals surface area contributed by atoms with Gasteiger partial charge in [-0.3, -0.25) is 0 Å². The molecule has 34 valence electrons. The van der Waals surface area contributed by atoms with E-state index in [1.807, 2.05) is 0 Å². The summed E-state index contributed by atoms with van der Waals surface area (Å²) in [6.45, 7) is 0. The smallest absolute Gasteiger partial charge is 0.0689 e. The third-order valence-corrected chi connectivity index (χ3v) is 0. The summed E-state index contributed by atoms with van der Waals surface area (Å²) in [7, 11) is 0. The van der Waals surface area contributed by atoms with E-state index in [9.17, 15) is 0 Å². The van der Waals surface area contributed by atoms with Gasteiger partial charge in [0.2, 0.25) is 0 Å². The molecule has 0 aromatic carbocycles. The van der Waals surface area contributed by atoms with Gasteiger partial charge in [-0.2, -0.15) is 0 Å². The van der Waals surface area contributed by atoms with Crippen LogP contribution < -0.4 is 0 Å². The molecule has 0 saturated heterocycles. The number of hydrogen-bond acceptors (Lipinski definition) is 3. The fourth-order valence-electron chi connectivity index (χ4n) is 0. The van der Waals surface area contributed by atoms with Crippen LogP contribution in [-0.2, 0) is 19.5 Å². The average molecular weight is 145 g/mol. The van der Waals surface area contributed by atoms with E-state index in [1.165, 1.54) is 0 Å². The second-order valence-electron chi connectivity index (χ2n) is 0.224. The van der Waals surface area contributed by atoms with E-state index in [4.69, 9.17) is 15.3 Å². The summed E-state index contributed by atoms with van der Waals surface area (Å²) >= 11 is 0. The van der Waals surface area contributed by atoms with E-state index in [1.54, 1.807) is 0 Å². The van der Waals surface area contributed by atoms with Gasteiger partial charge in [-0.15, -0.1) is 0 Å². The first-order chi connectivity index (χ1) is 1.73.